The minimum atomic E-state index is 0.284. The monoisotopic (exact) mass is 294 g/mol. The second kappa shape index (κ2) is 7.76. The molecular weight excluding hydrogens is 276 g/mol. The van der Waals surface area contributed by atoms with Gasteiger partial charge < -0.3 is 0 Å². The van der Waals surface area contributed by atoms with Crippen molar-refractivity contribution in [1.29, 1.82) is 0 Å². The second-order valence-corrected chi connectivity index (χ2v) is 6.34. The van der Waals surface area contributed by atoms with E-state index >= 15 is 0 Å². The molecule has 0 radical (unpaired) electrons. The lowest BCUT2D eigenvalue weighted by molar-refractivity contribution is -0.113. The first-order valence-corrected chi connectivity index (χ1v) is 8.22. The van der Waals surface area contributed by atoms with E-state index in [2.05, 4.69) is 6.08 Å². The molecule has 0 saturated heterocycles. The smallest absolute Gasteiger partial charge is 0.168 e. The summed E-state index contributed by atoms with van der Waals surface area (Å²) in [6.07, 6.45) is 9.09. The first-order chi connectivity index (χ1) is 9.25. The Morgan fingerprint density at radius 3 is 2.89 bits per heavy atom. The van der Waals surface area contributed by atoms with Crippen molar-refractivity contribution in [2.45, 2.75) is 43.4 Å². The molecule has 0 atom stereocenters. The van der Waals surface area contributed by atoms with Crippen LogP contribution in [0.5, 0.6) is 0 Å². The van der Waals surface area contributed by atoms with E-state index in [0.29, 0.717) is 5.75 Å². The van der Waals surface area contributed by atoms with Gasteiger partial charge in [-0.2, -0.15) is 0 Å². The molecule has 3 heteroatoms. The molecule has 0 fully saturated rings. The molecule has 0 heterocycles. The Labute approximate surface area is 124 Å². The van der Waals surface area contributed by atoms with E-state index < -0.39 is 0 Å². The number of hydrogen-bond acceptors (Lipinski definition) is 2. The summed E-state index contributed by atoms with van der Waals surface area (Å²) < 4.78 is 0. The van der Waals surface area contributed by atoms with E-state index in [9.17, 15) is 4.79 Å². The van der Waals surface area contributed by atoms with Crippen LogP contribution in [0.1, 0.15) is 38.5 Å². The van der Waals surface area contributed by atoms with E-state index in [1.165, 1.54) is 19.3 Å². The quantitative estimate of drug-likeness (QED) is 0.703. The summed E-state index contributed by atoms with van der Waals surface area (Å²) in [5.41, 5.74) is 1.04. The highest BCUT2D eigenvalue weighted by Crippen LogP contribution is 2.24. The molecule has 0 unspecified atom stereocenters. The van der Waals surface area contributed by atoms with Crippen molar-refractivity contribution >= 4 is 29.1 Å². The number of allylic oxidation sites excluding steroid dienone is 2. The molecule has 0 N–H and O–H groups in total. The summed E-state index contributed by atoms with van der Waals surface area (Å²) in [6, 6.07) is 7.68. The highest BCUT2D eigenvalue weighted by Gasteiger charge is 2.11. The van der Waals surface area contributed by atoms with Gasteiger partial charge in [0.1, 0.15) is 0 Å². The number of benzene rings is 1. The van der Waals surface area contributed by atoms with Crippen LogP contribution in [0, 0.1) is 0 Å². The van der Waals surface area contributed by atoms with Crippen LogP contribution in [0.15, 0.2) is 40.8 Å². The van der Waals surface area contributed by atoms with Crippen LogP contribution in [0.25, 0.3) is 0 Å². The molecule has 1 aliphatic rings. The summed E-state index contributed by atoms with van der Waals surface area (Å²) in [7, 11) is 0. The average Bonchev–Trinajstić information content (AvgIpc) is 2.36. The number of thioether (sulfide) groups is 1. The van der Waals surface area contributed by atoms with Crippen LogP contribution in [0.4, 0.5) is 0 Å². The van der Waals surface area contributed by atoms with Gasteiger partial charge in [-0.3, -0.25) is 4.79 Å². The summed E-state index contributed by atoms with van der Waals surface area (Å²) >= 11 is 7.51. The Hall–Kier alpha value is -0.730. The fourth-order valence-electron chi connectivity index (χ4n) is 2.24. The Morgan fingerprint density at radius 2 is 2.05 bits per heavy atom. The molecular formula is C16H19ClOS. The molecule has 1 aliphatic carbocycles. The topological polar surface area (TPSA) is 17.1 Å². The molecule has 0 aromatic heterocycles. The fraction of sp³-hybridized carbons (Fsp3) is 0.438. The van der Waals surface area contributed by atoms with Gasteiger partial charge in [0.25, 0.3) is 0 Å². The first-order valence-electron chi connectivity index (χ1n) is 6.86. The third-order valence-corrected chi connectivity index (χ3v) is 4.54. The lowest BCUT2D eigenvalue weighted by Crippen LogP contribution is -2.07. The van der Waals surface area contributed by atoms with E-state index in [1.54, 1.807) is 11.8 Å². The van der Waals surface area contributed by atoms with Crippen LogP contribution in [-0.2, 0) is 4.79 Å². The van der Waals surface area contributed by atoms with Crippen molar-refractivity contribution in [3.8, 4) is 0 Å². The minimum Gasteiger partial charge on any atom is -0.294 e. The fourth-order valence-corrected chi connectivity index (χ4v) is 3.37. The maximum atomic E-state index is 12.2. The number of carbonyl (C=O) groups is 1. The van der Waals surface area contributed by atoms with Gasteiger partial charge in [-0.05, 0) is 49.5 Å². The molecule has 1 aromatic carbocycles. The van der Waals surface area contributed by atoms with Crippen molar-refractivity contribution < 1.29 is 4.79 Å². The molecule has 0 amide bonds. The normalized spacial score (nSPS) is 19.1. The van der Waals surface area contributed by atoms with E-state index in [0.717, 1.165) is 34.8 Å². The number of ketones is 1. The van der Waals surface area contributed by atoms with Gasteiger partial charge in [-0.1, -0.05) is 36.6 Å². The SMILES string of the molecule is O=C(CSc1cccc(Cl)c1)/C1=C/CCCCCC1. The van der Waals surface area contributed by atoms with Gasteiger partial charge in [0.15, 0.2) is 5.78 Å². The lowest BCUT2D eigenvalue weighted by atomic mass is 9.98. The van der Waals surface area contributed by atoms with Crippen LogP contribution in [-0.4, -0.2) is 11.5 Å². The molecule has 2 rings (SSSR count). The summed E-state index contributed by atoms with van der Waals surface area (Å²) in [4.78, 5) is 13.3. The van der Waals surface area contributed by atoms with Crippen molar-refractivity contribution in [3.05, 3.63) is 40.9 Å². The van der Waals surface area contributed by atoms with Gasteiger partial charge in [0, 0.05) is 9.92 Å². The van der Waals surface area contributed by atoms with Gasteiger partial charge in [0.05, 0.1) is 5.75 Å². The van der Waals surface area contributed by atoms with Crippen LogP contribution >= 0.6 is 23.4 Å². The van der Waals surface area contributed by atoms with Crippen molar-refractivity contribution in [2.24, 2.45) is 0 Å². The summed E-state index contributed by atoms with van der Waals surface area (Å²) in [5.74, 6) is 0.804. The molecule has 0 bridgehead atoms. The van der Waals surface area contributed by atoms with Gasteiger partial charge in [0.2, 0.25) is 0 Å². The zero-order chi connectivity index (χ0) is 13.5. The van der Waals surface area contributed by atoms with E-state index in [4.69, 9.17) is 11.6 Å². The Balaban J connectivity index is 1.89. The second-order valence-electron chi connectivity index (χ2n) is 4.85. The molecule has 19 heavy (non-hydrogen) atoms. The minimum absolute atomic E-state index is 0.284. The zero-order valence-electron chi connectivity index (χ0n) is 11.0. The zero-order valence-corrected chi connectivity index (χ0v) is 12.6. The van der Waals surface area contributed by atoms with Crippen LogP contribution in [0.2, 0.25) is 5.02 Å². The summed E-state index contributed by atoms with van der Waals surface area (Å²) in [6.45, 7) is 0. The third-order valence-electron chi connectivity index (χ3n) is 3.32. The molecule has 0 spiro atoms. The maximum absolute atomic E-state index is 12.2. The van der Waals surface area contributed by atoms with Gasteiger partial charge >= 0.3 is 0 Å². The highest BCUT2D eigenvalue weighted by molar-refractivity contribution is 8.00. The van der Waals surface area contributed by atoms with Crippen molar-refractivity contribution in [3.63, 3.8) is 0 Å². The molecule has 102 valence electrons. The number of halogens is 1. The van der Waals surface area contributed by atoms with Crippen molar-refractivity contribution in [2.75, 3.05) is 5.75 Å². The van der Waals surface area contributed by atoms with Gasteiger partial charge in [-0.15, -0.1) is 11.8 Å². The summed E-state index contributed by atoms with van der Waals surface area (Å²) in [5, 5.41) is 0.725. The highest BCUT2D eigenvalue weighted by atomic mass is 35.5. The average molecular weight is 295 g/mol. The predicted molar refractivity (Wildman–Crippen MR) is 83.0 cm³/mol. The first kappa shape index (κ1) is 14.7. The van der Waals surface area contributed by atoms with E-state index in [-0.39, 0.29) is 5.78 Å². The maximum Gasteiger partial charge on any atom is 0.168 e. The Kier molecular flexibility index (Phi) is 5.99. The standard InChI is InChI=1S/C16H19ClOS/c17-14-9-6-10-15(11-14)19-12-16(18)13-7-4-2-1-3-5-8-13/h6-7,9-11H,1-5,8,12H2/b13-7+. The Bertz CT molecular complexity index is 468. The molecule has 1 aromatic rings. The van der Waals surface area contributed by atoms with Crippen molar-refractivity contribution in [1.82, 2.24) is 0 Å². The lowest BCUT2D eigenvalue weighted by Gasteiger charge is -2.10. The molecule has 1 nitrogen and oxygen atoms in total. The molecule has 0 aliphatic heterocycles. The van der Waals surface area contributed by atoms with Gasteiger partial charge in [-0.25, -0.2) is 0 Å². The number of hydrogen-bond donors (Lipinski definition) is 0. The van der Waals surface area contributed by atoms with E-state index in [1.807, 2.05) is 24.3 Å². The largest absolute Gasteiger partial charge is 0.294 e. The van der Waals surface area contributed by atoms with Crippen LogP contribution in [0.3, 0.4) is 0 Å². The number of rotatable bonds is 4. The predicted octanol–water partition coefficient (Wildman–Crippen LogP) is 5.28. The Morgan fingerprint density at radius 1 is 1.21 bits per heavy atom. The molecule has 0 saturated carbocycles. The third kappa shape index (κ3) is 5.04. The van der Waals surface area contributed by atoms with Crippen LogP contribution < -0.4 is 0 Å². The number of Topliss-reactive ketones (excluding diaryl/α,β-unsaturated/α-hetero) is 1. The number of carbonyl (C=O) groups excluding carboxylic acids is 1.